The number of allylic oxidation sites excluding steroid dienone is 3. The van der Waals surface area contributed by atoms with E-state index in [-0.39, 0.29) is 18.0 Å². The Morgan fingerprint density at radius 1 is 1.19 bits per heavy atom. The van der Waals surface area contributed by atoms with E-state index >= 15 is 0 Å². The van der Waals surface area contributed by atoms with E-state index in [1.807, 2.05) is 6.92 Å². The number of carbonyl (C=O) groups is 2. The first-order valence-corrected chi connectivity index (χ1v) is 10.6. The average Bonchev–Trinajstić information content (AvgIpc) is 2.72. The van der Waals surface area contributed by atoms with Crippen LogP contribution < -0.4 is 0 Å². The van der Waals surface area contributed by atoms with Gasteiger partial charge in [0.15, 0.2) is 0 Å². The number of carbonyl (C=O) groups excluding carboxylic acids is 2. The van der Waals surface area contributed by atoms with Crippen LogP contribution in [0.15, 0.2) is 45.7 Å². The number of nitrogens with zero attached hydrogens (tertiary/aromatic N) is 2. The van der Waals surface area contributed by atoms with Crippen LogP contribution in [-0.4, -0.2) is 42.4 Å². The highest BCUT2D eigenvalue weighted by atomic mass is 79.9. The van der Waals surface area contributed by atoms with Gasteiger partial charge in [-0.25, -0.2) is 4.79 Å². The lowest BCUT2D eigenvalue weighted by Gasteiger charge is -2.36. The maximum absolute atomic E-state index is 13.1. The topological polar surface area (TPSA) is 108 Å². The van der Waals surface area contributed by atoms with Crippen molar-refractivity contribution in [2.75, 3.05) is 20.6 Å². The second-order valence-corrected chi connectivity index (χ2v) is 9.15. The van der Waals surface area contributed by atoms with Crippen molar-refractivity contribution in [1.29, 1.82) is 0 Å². The molecular formula is C22H27BrN2O7. The van der Waals surface area contributed by atoms with Gasteiger partial charge in [0.05, 0.1) is 21.8 Å². The van der Waals surface area contributed by atoms with E-state index in [2.05, 4.69) is 15.9 Å². The quantitative estimate of drug-likeness (QED) is 0.227. The molecule has 0 spiro atoms. The lowest BCUT2D eigenvalue weighted by Crippen LogP contribution is -2.33. The molecule has 1 aromatic carbocycles. The summed E-state index contributed by atoms with van der Waals surface area (Å²) < 4.78 is 16.2. The van der Waals surface area contributed by atoms with Gasteiger partial charge in [-0.2, -0.15) is 0 Å². The molecule has 0 N–H and O–H groups in total. The van der Waals surface area contributed by atoms with Crippen LogP contribution >= 0.6 is 15.9 Å². The van der Waals surface area contributed by atoms with Gasteiger partial charge >= 0.3 is 11.9 Å². The van der Waals surface area contributed by atoms with Gasteiger partial charge in [-0.1, -0.05) is 28.1 Å². The summed E-state index contributed by atoms with van der Waals surface area (Å²) in [6.45, 7) is 8.31. The Kier molecular flexibility index (Phi) is 8.19. The van der Waals surface area contributed by atoms with E-state index in [9.17, 15) is 19.7 Å². The molecule has 9 nitrogen and oxygen atoms in total. The van der Waals surface area contributed by atoms with Gasteiger partial charge in [0.1, 0.15) is 6.73 Å². The van der Waals surface area contributed by atoms with E-state index in [4.69, 9.17) is 14.2 Å². The van der Waals surface area contributed by atoms with Crippen molar-refractivity contribution in [2.45, 2.75) is 40.5 Å². The Hall–Kier alpha value is -2.72. The van der Waals surface area contributed by atoms with Gasteiger partial charge in [-0.3, -0.25) is 14.9 Å². The molecular weight excluding hydrogens is 484 g/mol. The van der Waals surface area contributed by atoms with Crippen LogP contribution in [-0.2, 0) is 23.8 Å². The highest BCUT2D eigenvalue weighted by molar-refractivity contribution is 9.11. The summed E-state index contributed by atoms with van der Waals surface area (Å²) in [7, 11) is 1.53. The number of methoxy groups -OCH3 is 1. The first-order chi connectivity index (χ1) is 14.9. The van der Waals surface area contributed by atoms with E-state index < -0.39 is 35.0 Å². The molecule has 2 rings (SSSR count). The maximum atomic E-state index is 13.1. The fourth-order valence-electron chi connectivity index (χ4n) is 3.22. The Bertz CT molecular complexity index is 979. The monoisotopic (exact) mass is 510 g/mol. The van der Waals surface area contributed by atoms with Gasteiger partial charge in [0.2, 0.25) is 6.79 Å². The van der Waals surface area contributed by atoms with E-state index in [1.54, 1.807) is 44.7 Å². The summed E-state index contributed by atoms with van der Waals surface area (Å²) in [5.41, 5.74) is 1.32. The lowest BCUT2D eigenvalue weighted by molar-refractivity contribution is -0.384. The Balaban J connectivity index is 2.45. The first kappa shape index (κ1) is 25.5. The highest BCUT2D eigenvalue weighted by Crippen LogP contribution is 2.45. The first-order valence-electron chi connectivity index (χ1n) is 9.82. The third-order valence-electron chi connectivity index (χ3n) is 4.97. The number of benzene rings is 1. The molecule has 1 aliphatic rings. The number of nitro benzene ring substituents is 1. The largest absolute Gasteiger partial charge is 0.427 e. The summed E-state index contributed by atoms with van der Waals surface area (Å²) in [5, 5.41) is 11.3. The van der Waals surface area contributed by atoms with Crippen LogP contribution in [0, 0.1) is 15.5 Å². The highest BCUT2D eigenvalue weighted by Gasteiger charge is 2.37. The molecule has 1 aliphatic heterocycles. The van der Waals surface area contributed by atoms with E-state index in [1.165, 1.54) is 19.2 Å². The summed E-state index contributed by atoms with van der Waals surface area (Å²) in [6.07, 6.45) is 0. The molecule has 0 unspecified atom stereocenters. The zero-order valence-corrected chi connectivity index (χ0v) is 20.5. The SMILES string of the molecule is COCN1C(C)=C(Br)[C@H](c2cccc([N+](=O)[O-])c2)C(C(=O)OCOC(=O)C(C)(C)C)=C1C. The second kappa shape index (κ2) is 10.3. The number of rotatable bonds is 7. The zero-order chi connectivity index (χ0) is 24.2. The maximum Gasteiger partial charge on any atom is 0.339 e. The standard InChI is InChI=1S/C22H27BrN2O7/c1-13-17(20(26)31-12-32-21(27)22(3,4)5)18(19(23)14(2)24(13)11-30-6)15-8-7-9-16(10-15)25(28)29/h7-10,18H,11-12H2,1-6H3/t18-/m1/s1. The summed E-state index contributed by atoms with van der Waals surface area (Å²) in [4.78, 5) is 37.7. The van der Waals surface area contributed by atoms with Crippen molar-refractivity contribution in [2.24, 2.45) is 5.41 Å². The van der Waals surface area contributed by atoms with Crippen molar-refractivity contribution in [1.82, 2.24) is 4.90 Å². The molecule has 0 fully saturated rings. The number of ether oxygens (including phenoxy) is 3. The minimum absolute atomic E-state index is 0.0933. The molecule has 174 valence electrons. The minimum Gasteiger partial charge on any atom is -0.427 e. The molecule has 10 heteroatoms. The number of non-ortho nitro benzene ring substituents is 1. The molecule has 0 radical (unpaired) electrons. The molecule has 0 amide bonds. The molecule has 1 atom stereocenters. The smallest absolute Gasteiger partial charge is 0.339 e. The zero-order valence-electron chi connectivity index (χ0n) is 18.9. The number of halogens is 1. The van der Waals surface area contributed by atoms with Crippen LogP contribution in [0.25, 0.3) is 0 Å². The van der Waals surface area contributed by atoms with Crippen LogP contribution in [0.2, 0.25) is 0 Å². The van der Waals surface area contributed by atoms with Crippen LogP contribution in [0.1, 0.15) is 46.1 Å². The predicted octanol–water partition coefficient (Wildman–Crippen LogP) is 4.59. The Labute approximate surface area is 195 Å². The lowest BCUT2D eigenvalue weighted by atomic mass is 9.86. The molecule has 0 bridgehead atoms. The normalized spacial score (nSPS) is 16.8. The predicted molar refractivity (Wildman–Crippen MR) is 120 cm³/mol. The molecule has 0 aliphatic carbocycles. The fourth-order valence-corrected chi connectivity index (χ4v) is 3.93. The van der Waals surface area contributed by atoms with Crippen LogP contribution in [0.4, 0.5) is 5.69 Å². The third-order valence-corrected chi connectivity index (χ3v) is 6.00. The van der Waals surface area contributed by atoms with Crippen molar-refractivity contribution < 1.29 is 28.7 Å². The van der Waals surface area contributed by atoms with Gasteiger partial charge in [-0.05, 0) is 40.2 Å². The third kappa shape index (κ3) is 5.55. The fraction of sp³-hybridized carbons (Fsp3) is 0.455. The van der Waals surface area contributed by atoms with Crippen molar-refractivity contribution >= 4 is 33.6 Å². The van der Waals surface area contributed by atoms with Crippen LogP contribution in [0.5, 0.6) is 0 Å². The van der Waals surface area contributed by atoms with Crippen molar-refractivity contribution in [3.63, 3.8) is 0 Å². The molecule has 0 saturated heterocycles. The summed E-state index contributed by atoms with van der Waals surface area (Å²) >= 11 is 3.57. The number of nitro groups is 1. The number of hydrogen-bond donors (Lipinski definition) is 0. The number of esters is 2. The average molecular weight is 511 g/mol. The molecule has 1 heterocycles. The minimum atomic E-state index is -0.740. The van der Waals surface area contributed by atoms with Crippen LogP contribution in [0.3, 0.4) is 0 Å². The molecule has 32 heavy (non-hydrogen) atoms. The van der Waals surface area contributed by atoms with Gasteiger partial charge in [0, 0.05) is 35.1 Å². The molecule has 0 saturated carbocycles. The van der Waals surface area contributed by atoms with Crippen molar-refractivity contribution in [3.8, 4) is 0 Å². The van der Waals surface area contributed by atoms with Gasteiger partial charge in [-0.15, -0.1) is 0 Å². The second-order valence-electron chi connectivity index (χ2n) is 8.29. The summed E-state index contributed by atoms with van der Waals surface area (Å²) in [6, 6.07) is 6.08. The molecule has 1 aromatic rings. The van der Waals surface area contributed by atoms with Gasteiger partial charge < -0.3 is 19.1 Å². The van der Waals surface area contributed by atoms with Crippen molar-refractivity contribution in [3.05, 3.63) is 61.4 Å². The van der Waals surface area contributed by atoms with E-state index in [0.29, 0.717) is 15.7 Å². The Morgan fingerprint density at radius 3 is 2.41 bits per heavy atom. The molecule has 0 aromatic heterocycles. The van der Waals surface area contributed by atoms with E-state index in [0.717, 1.165) is 5.70 Å². The summed E-state index contributed by atoms with van der Waals surface area (Å²) in [5.74, 6) is -1.85. The number of hydrogen-bond acceptors (Lipinski definition) is 8. The Morgan fingerprint density at radius 2 is 1.84 bits per heavy atom. The van der Waals surface area contributed by atoms with Gasteiger partial charge in [0.25, 0.3) is 5.69 Å².